The molecule has 6 aromatic rings. The predicted molar refractivity (Wildman–Crippen MR) is 221 cm³/mol. The molecule has 0 saturated carbocycles. The number of imidazole rings is 1. The van der Waals surface area contributed by atoms with Gasteiger partial charge in [0.05, 0.1) is 33.2 Å². The Hall–Kier alpha value is -5.11. The molecule has 1 fully saturated rings. The summed E-state index contributed by atoms with van der Waals surface area (Å²) in [6, 6.07) is 36.4. The van der Waals surface area contributed by atoms with Gasteiger partial charge in [-0.05, 0) is 64.7 Å². The average Bonchev–Trinajstić information content (AvgIpc) is 3.79. The third kappa shape index (κ3) is 7.67. The molecule has 12 heteroatoms. The maximum absolute atomic E-state index is 7.46. The van der Waals surface area contributed by atoms with Crippen LogP contribution in [0.1, 0.15) is 49.3 Å². The highest BCUT2D eigenvalue weighted by atomic mass is 28.4. The van der Waals surface area contributed by atoms with Crippen LogP contribution in [0.15, 0.2) is 122 Å². The topological polar surface area (TPSA) is 128 Å². The quantitative estimate of drug-likeness (QED) is 0.0834. The van der Waals surface area contributed by atoms with Gasteiger partial charge in [-0.1, -0.05) is 106 Å². The van der Waals surface area contributed by atoms with Crippen molar-refractivity contribution < 1.29 is 23.4 Å². The number of nitrogens with one attached hydrogen (secondary N) is 1. The molecule has 4 aromatic carbocycles. The summed E-state index contributed by atoms with van der Waals surface area (Å²) in [5, 5.41) is 3.80. The van der Waals surface area contributed by atoms with E-state index in [9.17, 15) is 0 Å². The van der Waals surface area contributed by atoms with Crippen molar-refractivity contribution >= 4 is 25.3 Å². The molecule has 0 bridgehead atoms. The Morgan fingerprint density at radius 1 is 0.768 bits per heavy atom. The summed E-state index contributed by atoms with van der Waals surface area (Å²) in [6.45, 7) is 12.1. The van der Waals surface area contributed by atoms with Crippen LogP contribution < -0.4 is 20.5 Å². The standard InChI is InChI=1S/C44H52N6O5Si/c1-43(2,3)56(6,7)55-39-37(46-26-30-14-10-8-11-15-30)36(54-42(39)50-29-49-38-40(45)47-28-48-41(38)50)27-53-44(31-16-12-9-13-17-31,32-18-22-34(51-4)23-19-32)33-20-24-35(52-5)25-21-33/h8-25,28-29,36-37,39,42,46H,26-27H2,1-7H3,(H2,45,47,48)/t36-,37-,39-,42-/m1/s1. The summed E-state index contributed by atoms with van der Waals surface area (Å²) in [5.41, 5.74) is 10.3. The van der Waals surface area contributed by atoms with Crippen LogP contribution in [0.5, 0.6) is 11.5 Å². The summed E-state index contributed by atoms with van der Waals surface area (Å²) in [6.07, 6.45) is 1.63. The lowest BCUT2D eigenvalue weighted by molar-refractivity contribution is -0.0859. The van der Waals surface area contributed by atoms with Crippen molar-refractivity contribution in [2.45, 2.75) is 75.5 Å². The normalized spacial score (nSPS) is 19.0. The van der Waals surface area contributed by atoms with E-state index in [-0.39, 0.29) is 17.7 Å². The number of aromatic nitrogens is 4. The van der Waals surface area contributed by atoms with E-state index in [4.69, 9.17) is 29.1 Å². The van der Waals surface area contributed by atoms with Crippen LogP contribution in [0.25, 0.3) is 11.2 Å². The van der Waals surface area contributed by atoms with Crippen LogP contribution in [-0.4, -0.2) is 66.9 Å². The van der Waals surface area contributed by atoms with Crippen molar-refractivity contribution in [2.24, 2.45) is 0 Å². The largest absolute Gasteiger partial charge is 0.497 e. The van der Waals surface area contributed by atoms with E-state index < -0.39 is 32.4 Å². The monoisotopic (exact) mass is 772 g/mol. The van der Waals surface area contributed by atoms with Crippen LogP contribution >= 0.6 is 0 Å². The van der Waals surface area contributed by atoms with E-state index in [2.05, 4.69) is 115 Å². The molecule has 0 spiro atoms. The second kappa shape index (κ2) is 16.2. The van der Waals surface area contributed by atoms with Crippen LogP contribution in [-0.2, 0) is 26.0 Å². The van der Waals surface area contributed by atoms with Gasteiger partial charge >= 0.3 is 0 Å². The molecule has 3 N–H and O–H groups in total. The zero-order chi connectivity index (χ0) is 39.5. The van der Waals surface area contributed by atoms with Crippen molar-refractivity contribution in [3.05, 3.63) is 144 Å². The minimum atomic E-state index is -2.39. The van der Waals surface area contributed by atoms with Gasteiger partial charge in [0.1, 0.15) is 41.2 Å². The number of nitrogen functional groups attached to an aromatic ring is 1. The third-order valence-electron chi connectivity index (χ3n) is 11.3. The van der Waals surface area contributed by atoms with Gasteiger partial charge in [0.2, 0.25) is 0 Å². The van der Waals surface area contributed by atoms with Crippen LogP contribution in [0, 0.1) is 0 Å². The number of hydrogen-bond acceptors (Lipinski definition) is 10. The first-order valence-corrected chi connectivity index (χ1v) is 21.9. The first kappa shape index (κ1) is 39.1. The Morgan fingerprint density at radius 3 is 1.91 bits per heavy atom. The Kier molecular flexibility index (Phi) is 11.3. The van der Waals surface area contributed by atoms with Crippen molar-refractivity contribution in [3.63, 3.8) is 0 Å². The molecule has 0 amide bonds. The molecule has 0 aliphatic carbocycles. The molecule has 0 radical (unpaired) electrons. The number of hydrogen-bond donors (Lipinski definition) is 2. The number of rotatable bonds is 14. The first-order valence-electron chi connectivity index (χ1n) is 19.0. The van der Waals surface area contributed by atoms with E-state index in [1.807, 2.05) is 53.1 Å². The molecule has 11 nitrogen and oxygen atoms in total. The molecular weight excluding hydrogens is 721 g/mol. The van der Waals surface area contributed by atoms with Gasteiger partial charge < -0.3 is 34.4 Å². The number of nitrogens with zero attached hydrogens (tertiary/aromatic N) is 4. The Labute approximate surface area is 330 Å². The molecule has 56 heavy (non-hydrogen) atoms. The SMILES string of the molecule is COc1ccc(C(OC[C@H]2O[C@@H](n3cnc4c(N)ncnc43)[C@H](O[Si](C)(C)C(C)(C)C)[C@@H]2NCc2ccccc2)(c2ccccc2)c2ccc(OC)cc2)cc1. The van der Waals surface area contributed by atoms with Crippen LogP contribution in [0.2, 0.25) is 18.1 Å². The second-order valence-corrected chi connectivity index (χ2v) is 20.5. The van der Waals surface area contributed by atoms with E-state index in [0.717, 1.165) is 33.8 Å². The first-order chi connectivity index (χ1) is 26.9. The maximum atomic E-state index is 7.46. The highest BCUT2D eigenvalue weighted by Crippen LogP contribution is 2.45. The number of methoxy groups -OCH3 is 2. The number of anilines is 1. The Bertz CT molecular complexity index is 2150. The zero-order valence-corrected chi connectivity index (χ0v) is 34.2. The van der Waals surface area contributed by atoms with Gasteiger partial charge in [0.25, 0.3) is 0 Å². The summed E-state index contributed by atoms with van der Waals surface area (Å²) in [4.78, 5) is 13.4. The fourth-order valence-electron chi connectivity index (χ4n) is 7.16. The van der Waals surface area contributed by atoms with Crippen LogP contribution in [0.3, 0.4) is 0 Å². The van der Waals surface area contributed by atoms with E-state index in [1.54, 1.807) is 20.5 Å². The summed E-state index contributed by atoms with van der Waals surface area (Å²) >= 11 is 0. The van der Waals surface area contributed by atoms with Crippen molar-refractivity contribution in [1.82, 2.24) is 24.8 Å². The molecule has 292 valence electrons. The lowest BCUT2D eigenvalue weighted by atomic mass is 9.80. The fraction of sp³-hybridized carbons (Fsp3) is 0.341. The molecule has 1 aliphatic rings. The van der Waals surface area contributed by atoms with Gasteiger partial charge in [-0.3, -0.25) is 4.57 Å². The van der Waals surface area contributed by atoms with Crippen molar-refractivity contribution in [3.8, 4) is 11.5 Å². The van der Waals surface area contributed by atoms with E-state index in [1.165, 1.54) is 6.33 Å². The molecular formula is C44H52N6O5Si. The van der Waals surface area contributed by atoms with Gasteiger partial charge in [-0.15, -0.1) is 0 Å². The average molecular weight is 773 g/mol. The smallest absolute Gasteiger partial charge is 0.192 e. The minimum absolute atomic E-state index is 0.0785. The number of fused-ring (bicyclic) bond motifs is 1. The number of ether oxygens (including phenoxy) is 4. The van der Waals surface area contributed by atoms with Crippen molar-refractivity contribution in [1.29, 1.82) is 0 Å². The lowest BCUT2D eigenvalue weighted by Crippen LogP contribution is -2.53. The van der Waals surface area contributed by atoms with Crippen molar-refractivity contribution in [2.75, 3.05) is 26.6 Å². The lowest BCUT2D eigenvalue weighted by Gasteiger charge is -2.41. The second-order valence-electron chi connectivity index (χ2n) is 15.7. The highest BCUT2D eigenvalue weighted by molar-refractivity contribution is 6.74. The van der Waals surface area contributed by atoms with E-state index >= 15 is 0 Å². The molecule has 1 saturated heterocycles. The van der Waals surface area contributed by atoms with Gasteiger partial charge in [0, 0.05) is 6.54 Å². The fourth-order valence-corrected chi connectivity index (χ4v) is 8.46. The number of benzene rings is 4. The van der Waals surface area contributed by atoms with E-state index in [0.29, 0.717) is 23.5 Å². The van der Waals surface area contributed by atoms with Gasteiger partial charge in [-0.25, -0.2) is 15.0 Å². The van der Waals surface area contributed by atoms with Gasteiger partial charge in [0.15, 0.2) is 26.0 Å². The zero-order valence-electron chi connectivity index (χ0n) is 33.2. The molecule has 2 aromatic heterocycles. The summed E-state index contributed by atoms with van der Waals surface area (Å²) in [5.74, 6) is 1.80. The molecule has 7 rings (SSSR count). The minimum Gasteiger partial charge on any atom is -0.497 e. The summed E-state index contributed by atoms with van der Waals surface area (Å²) in [7, 11) is 0.944. The Balaban J connectivity index is 1.36. The van der Waals surface area contributed by atoms with Gasteiger partial charge in [-0.2, -0.15) is 0 Å². The molecule has 1 aliphatic heterocycles. The Morgan fingerprint density at radius 2 is 1.34 bits per heavy atom. The third-order valence-corrected chi connectivity index (χ3v) is 15.7. The number of nitrogens with two attached hydrogens (primary N) is 1. The molecule has 0 unspecified atom stereocenters. The van der Waals surface area contributed by atoms with Crippen LogP contribution in [0.4, 0.5) is 5.82 Å². The highest BCUT2D eigenvalue weighted by Gasteiger charge is 2.52. The predicted octanol–water partition coefficient (Wildman–Crippen LogP) is 7.88. The molecule has 3 heterocycles. The summed E-state index contributed by atoms with van der Waals surface area (Å²) < 4.78 is 35.1. The maximum Gasteiger partial charge on any atom is 0.192 e. The molecule has 4 atom stereocenters.